The molecule has 0 saturated heterocycles. The maximum Gasteiger partial charge on any atom is 0.228 e. The van der Waals surface area contributed by atoms with Gasteiger partial charge in [-0.25, -0.2) is 4.98 Å². The van der Waals surface area contributed by atoms with E-state index in [1.54, 1.807) is 18.2 Å². The first kappa shape index (κ1) is 15.7. The number of hydrogen-bond donors (Lipinski definition) is 0. The number of aromatic nitrogens is 1. The monoisotopic (exact) mass is 417 g/mol. The van der Waals surface area contributed by atoms with Gasteiger partial charge in [-0.3, -0.25) is 0 Å². The zero-order chi connectivity index (χ0) is 16.7. The fourth-order valence-electron chi connectivity index (χ4n) is 2.57. The molecule has 0 bridgehead atoms. The van der Waals surface area contributed by atoms with Gasteiger partial charge in [-0.05, 0) is 57.4 Å². The smallest absolute Gasteiger partial charge is 0.228 e. The van der Waals surface area contributed by atoms with Crippen LogP contribution in [-0.2, 0) is 0 Å². The Kier molecular flexibility index (Phi) is 4.09. The second-order valence-electron chi connectivity index (χ2n) is 5.32. The van der Waals surface area contributed by atoms with E-state index < -0.39 is 0 Å². The van der Waals surface area contributed by atoms with Crippen molar-refractivity contribution in [2.24, 2.45) is 0 Å². The Hall–Kier alpha value is -1.81. The van der Waals surface area contributed by atoms with Crippen LogP contribution < -0.4 is 0 Å². The zero-order valence-corrected chi connectivity index (χ0v) is 15.4. The summed E-state index contributed by atoms with van der Waals surface area (Å²) in [4.78, 5) is 4.59. The SMILES string of the molecule is Clc1ccc(Cl)c(-c2nc3cc(-c4ccccc4)cc(Br)c3o2)c1. The van der Waals surface area contributed by atoms with Gasteiger partial charge in [0.1, 0.15) is 5.52 Å². The number of oxazole rings is 1. The zero-order valence-electron chi connectivity index (χ0n) is 12.3. The molecule has 1 heterocycles. The number of benzene rings is 3. The molecule has 0 unspecified atom stereocenters. The van der Waals surface area contributed by atoms with Gasteiger partial charge in [-0.15, -0.1) is 0 Å². The molecule has 1 aromatic heterocycles. The van der Waals surface area contributed by atoms with E-state index in [0.717, 1.165) is 21.1 Å². The highest BCUT2D eigenvalue weighted by Crippen LogP contribution is 2.36. The predicted molar refractivity (Wildman–Crippen MR) is 103 cm³/mol. The normalized spacial score (nSPS) is 11.1. The van der Waals surface area contributed by atoms with E-state index in [9.17, 15) is 0 Å². The molecule has 3 aromatic carbocycles. The van der Waals surface area contributed by atoms with Crippen LogP contribution in [-0.4, -0.2) is 4.98 Å². The Bertz CT molecular complexity index is 1040. The highest BCUT2D eigenvalue weighted by Gasteiger charge is 2.15. The van der Waals surface area contributed by atoms with Crippen LogP contribution in [0.3, 0.4) is 0 Å². The first-order chi connectivity index (χ1) is 11.6. The van der Waals surface area contributed by atoms with Gasteiger partial charge >= 0.3 is 0 Å². The summed E-state index contributed by atoms with van der Waals surface area (Å²) in [6.07, 6.45) is 0. The van der Waals surface area contributed by atoms with Crippen molar-refractivity contribution in [2.75, 3.05) is 0 Å². The van der Waals surface area contributed by atoms with E-state index in [2.05, 4.69) is 33.0 Å². The molecule has 0 N–H and O–H groups in total. The number of fused-ring (bicyclic) bond motifs is 1. The summed E-state index contributed by atoms with van der Waals surface area (Å²) >= 11 is 15.9. The molecule has 24 heavy (non-hydrogen) atoms. The summed E-state index contributed by atoms with van der Waals surface area (Å²) in [7, 11) is 0. The molecule has 4 aromatic rings. The molecule has 0 amide bonds. The lowest BCUT2D eigenvalue weighted by atomic mass is 10.1. The summed E-state index contributed by atoms with van der Waals surface area (Å²) in [6, 6.07) is 19.4. The number of halogens is 3. The minimum atomic E-state index is 0.448. The number of nitrogens with zero attached hydrogens (tertiary/aromatic N) is 1. The van der Waals surface area contributed by atoms with Gasteiger partial charge in [-0.2, -0.15) is 0 Å². The van der Waals surface area contributed by atoms with Crippen molar-refractivity contribution >= 4 is 50.2 Å². The second kappa shape index (κ2) is 6.25. The lowest BCUT2D eigenvalue weighted by Crippen LogP contribution is -1.80. The van der Waals surface area contributed by atoms with Crippen LogP contribution in [0, 0.1) is 0 Å². The standard InChI is InChI=1S/C19H10BrCl2NO/c20-15-8-12(11-4-2-1-3-5-11)9-17-18(15)24-19(23-17)14-10-13(21)6-7-16(14)22/h1-10H. The largest absolute Gasteiger partial charge is 0.435 e. The first-order valence-electron chi connectivity index (χ1n) is 7.23. The van der Waals surface area contributed by atoms with Crippen molar-refractivity contribution < 1.29 is 4.42 Å². The van der Waals surface area contributed by atoms with Crippen LogP contribution in [0.1, 0.15) is 0 Å². The molecule has 0 saturated carbocycles. The molecule has 118 valence electrons. The molecule has 0 radical (unpaired) electrons. The van der Waals surface area contributed by atoms with Crippen molar-refractivity contribution in [3.05, 3.63) is 75.2 Å². The van der Waals surface area contributed by atoms with Gasteiger partial charge in [0.25, 0.3) is 0 Å². The Balaban J connectivity index is 1.90. The van der Waals surface area contributed by atoms with E-state index in [0.29, 0.717) is 27.1 Å². The maximum absolute atomic E-state index is 6.25. The topological polar surface area (TPSA) is 26.0 Å². The van der Waals surface area contributed by atoms with E-state index in [1.807, 2.05) is 30.3 Å². The van der Waals surface area contributed by atoms with Gasteiger partial charge in [-0.1, -0.05) is 53.5 Å². The Morgan fingerprint density at radius 2 is 1.67 bits per heavy atom. The van der Waals surface area contributed by atoms with Gasteiger partial charge in [0.2, 0.25) is 5.89 Å². The summed E-state index contributed by atoms with van der Waals surface area (Å²) in [5, 5.41) is 1.13. The summed E-state index contributed by atoms with van der Waals surface area (Å²) in [5.41, 5.74) is 4.29. The quantitative estimate of drug-likeness (QED) is 0.343. The molecule has 0 atom stereocenters. The molecule has 5 heteroatoms. The lowest BCUT2D eigenvalue weighted by molar-refractivity contribution is 0.618. The van der Waals surface area contributed by atoms with Crippen LogP contribution in [0.4, 0.5) is 0 Å². The third-order valence-electron chi connectivity index (χ3n) is 3.71. The van der Waals surface area contributed by atoms with Crippen molar-refractivity contribution in [1.29, 1.82) is 0 Å². The fraction of sp³-hybridized carbons (Fsp3) is 0. The lowest BCUT2D eigenvalue weighted by Gasteiger charge is -2.02. The highest BCUT2D eigenvalue weighted by molar-refractivity contribution is 9.10. The van der Waals surface area contributed by atoms with Crippen molar-refractivity contribution in [3.63, 3.8) is 0 Å². The Labute approximate surface area is 157 Å². The van der Waals surface area contributed by atoms with Crippen molar-refractivity contribution in [3.8, 4) is 22.6 Å². The number of rotatable bonds is 2. The van der Waals surface area contributed by atoms with E-state index in [-0.39, 0.29) is 0 Å². The average Bonchev–Trinajstić information content (AvgIpc) is 3.02. The third-order valence-corrected chi connectivity index (χ3v) is 4.86. The van der Waals surface area contributed by atoms with Crippen LogP contribution in [0.25, 0.3) is 33.7 Å². The molecular weight excluding hydrogens is 409 g/mol. The van der Waals surface area contributed by atoms with Crippen LogP contribution in [0.5, 0.6) is 0 Å². The third kappa shape index (κ3) is 2.84. The summed E-state index contributed by atoms with van der Waals surface area (Å²) in [5.74, 6) is 0.448. The first-order valence-corrected chi connectivity index (χ1v) is 8.77. The molecule has 0 spiro atoms. The Morgan fingerprint density at radius 1 is 0.875 bits per heavy atom. The van der Waals surface area contributed by atoms with Crippen molar-refractivity contribution in [2.45, 2.75) is 0 Å². The van der Waals surface area contributed by atoms with Gasteiger partial charge in [0.05, 0.1) is 15.1 Å². The minimum absolute atomic E-state index is 0.448. The molecule has 0 fully saturated rings. The van der Waals surface area contributed by atoms with E-state index in [4.69, 9.17) is 27.6 Å². The number of hydrogen-bond acceptors (Lipinski definition) is 2. The fourth-order valence-corrected chi connectivity index (χ4v) is 3.47. The summed E-state index contributed by atoms with van der Waals surface area (Å²) in [6.45, 7) is 0. The van der Waals surface area contributed by atoms with Crippen molar-refractivity contribution in [1.82, 2.24) is 4.98 Å². The predicted octanol–water partition coefficient (Wildman–Crippen LogP) is 7.23. The highest BCUT2D eigenvalue weighted by atomic mass is 79.9. The van der Waals surface area contributed by atoms with E-state index in [1.165, 1.54) is 0 Å². The van der Waals surface area contributed by atoms with E-state index >= 15 is 0 Å². The molecule has 0 aliphatic rings. The Morgan fingerprint density at radius 3 is 2.46 bits per heavy atom. The maximum atomic E-state index is 6.25. The van der Waals surface area contributed by atoms with Crippen LogP contribution >= 0.6 is 39.1 Å². The minimum Gasteiger partial charge on any atom is -0.435 e. The van der Waals surface area contributed by atoms with Gasteiger partial charge < -0.3 is 4.42 Å². The van der Waals surface area contributed by atoms with Crippen LogP contribution in [0.2, 0.25) is 10.0 Å². The molecule has 2 nitrogen and oxygen atoms in total. The molecule has 0 aliphatic carbocycles. The molecule has 4 rings (SSSR count). The van der Waals surface area contributed by atoms with Gasteiger partial charge in [0.15, 0.2) is 5.58 Å². The second-order valence-corrected chi connectivity index (χ2v) is 7.01. The average molecular weight is 419 g/mol. The van der Waals surface area contributed by atoms with Crippen LogP contribution in [0.15, 0.2) is 69.6 Å². The molecular formula is C19H10BrCl2NO. The molecule has 0 aliphatic heterocycles. The summed E-state index contributed by atoms with van der Waals surface area (Å²) < 4.78 is 6.75. The van der Waals surface area contributed by atoms with Gasteiger partial charge in [0, 0.05) is 5.02 Å².